The Bertz CT molecular complexity index is 571. The van der Waals surface area contributed by atoms with Crippen LogP contribution in [0.15, 0.2) is 34.6 Å². The van der Waals surface area contributed by atoms with Gasteiger partial charge in [-0.3, -0.25) is 5.10 Å². The Morgan fingerprint density at radius 3 is 2.95 bits per heavy atom. The van der Waals surface area contributed by atoms with Crippen LogP contribution in [-0.2, 0) is 6.54 Å². The van der Waals surface area contributed by atoms with Gasteiger partial charge in [-0.15, -0.1) is 0 Å². The molecule has 0 saturated heterocycles. The predicted molar refractivity (Wildman–Crippen MR) is 73.6 cm³/mol. The van der Waals surface area contributed by atoms with Gasteiger partial charge >= 0.3 is 0 Å². The van der Waals surface area contributed by atoms with E-state index in [2.05, 4.69) is 40.4 Å². The van der Waals surface area contributed by atoms with Crippen LogP contribution in [0.5, 0.6) is 0 Å². The fourth-order valence-electron chi connectivity index (χ4n) is 1.53. The van der Waals surface area contributed by atoms with E-state index in [4.69, 9.17) is 0 Å². The molecule has 0 spiro atoms. The Morgan fingerprint density at radius 2 is 2.32 bits per heavy atom. The average Bonchev–Trinajstić information content (AvgIpc) is 2.90. The molecule has 0 aliphatic rings. The van der Waals surface area contributed by atoms with E-state index >= 15 is 0 Å². The number of H-pyrrole nitrogens is 1. The summed E-state index contributed by atoms with van der Waals surface area (Å²) in [6.07, 6.45) is 1.45. The van der Waals surface area contributed by atoms with Gasteiger partial charge in [0.2, 0.25) is 0 Å². The van der Waals surface area contributed by atoms with Crippen molar-refractivity contribution in [3.63, 3.8) is 0 Å². The highest BCUT2D eigenvalue weighted by molar-refractivity contribution is 7.99. The van der Waals surface area contributed by atoms with E-state index in [1.807, 2.05) is 18.2 Å². The number of rotatable bonds is 5. The molecule has 1 heterocycles. The molecule has 98 valence electrons. The van der Waals surface area contributed by atoms with Crippen LogP contribution in [0.4, 0.5) is 0 Å². The number of hydrogen-bond donors (Lipinski definition) is 2. The topological polar surface area (TPSA) is 77.4 Å². The lowest BCUT2D eigenvalue weighted by Gasteiger charge is -2.09. The average molecular weight is 273 g/mol. The van der Waals surface area contributed by atoms with Gasteiger partial charge in [-0.1, -0.05) is 19.9 Å². The Labute approximate surface area is 116 Å². The molecule has 0 fully saturated rings. The van der Waals surface area contributed by atoms with Crippen LogP contribution in [-0.4, -0.2) is 21.2 Å². The van der Waals surface area contributed by atoms with Gasteiger partial charge in [-0.05, 0) is 29.5 Å². The highest BCUT2D eigenvalue weighted by Gasteiger charge is 2.07. The second kappa shape index (κ2) is 6.36. The second-order valence-electron chi connectivity index (χ2n) is 4.37. The number of hydrogen-bond acceptors (Lipinski definition) is 5. The van der Waals surface area contributed by atoms with E-state index in [0.717, 1.165) is 17.0 Å². The first kappa shape index (κ1) is 13.6. The number of nitriles is 1. The summed E-state index contributed by atoms with van der Waals surface area (Å²) < 4.78 is 0. The summed E-state index contributed by atoms with van der Waals surface area (Å²) >= 11 is 1.41. The molecule has 0 amide bonds. The first-order valence-corrected chi connectivity index (χ1v) is 6.80. The number of aromatic amines is 1. The van der Waals surface area contributed by atoms with E-state index in [-0.39, 0.29) is 0 Å². The minimum absolute atomic E-state index is 0.425. The Morgan fingerprint density at radius 1 is 1.47 bits per heavy atom. The summed E-state index contributed by atoms with van der Waals surface area (Å²) in [5.41, 5.74) is 1.76. The van der Waals surface area contributed by atoms with Crippen LogP contribution in [0, 0.1) is 11.3 Å². The predicted octanol–water partition coefficient (Wildman–Crippen LogP) is 2.33. The summed E-state index contributed by atoms with van der Waals surface area (Å²) in [5.74, 6) is 0. The van der Waals surface area contributed by atoms with Crippen molar-refractivity contribution in [1.82, 2.24) is 20.5 Å². The standard InChI is InChI=1S/C13H15N5S/c1-9(2)15-7-10-3-4-12(11(5-10)6-14)19-13-16-8-17-18-13/h3-5,8-9,15H,7H2,1-2H3,(H,16,17,18). The third-order valence-corrected chi connectivity index (χ3v) is 3.44. The zero-order chi connectivity index (χ0) is 13.7. The van der Waals surface area contributed by atoms with E-state index in [1.54, 1.807) is 0 Å². The van der Waals surface area contributed by atoms with Gasteiger partial charge in [-0.25, -0.2) is 4.98 Å². The van der Waals surface area contributed by atoms with Crippen molar-refractivity contribution in [2.24, 2.45) is 0 Å². The van der Waals surface area contributed by atoms with Gasteiger partial charge in [0.15, 0.2) is 5.16 Å². The van der Waals surface area contributed by atoms with Crippen molar-refractivity contribution in [1.29, 1.82) is 5.26 Å². The van der Waals surface area contributed by atoms with Crippen LogP contribution in [0.2, 0.25) is 0 Å². The lowest BCUT2D eigenvalue weighted by atomic mass is 10.1. The molecule has 0 bridgehead atoms. The van der Waals surface area contributed by atoms with Crippen LogP contribution < -0.4 is 5.32 Å². The number of nitrogens with zero attached hydrogens (tertiary/aromatic N) is 3. The molecule has 0 saturated carbocycles. The van der Waals surface area contributed by atoms with Crippen molar-refractivity contribution in [2.75, 3.05) is 0 Å². The normalized spacial score (nSPS) is 10.6. The van der Waals surface area contributed by atoms with Crippen molar-refractivity contribution in [2.45, 2.75) is 36.5 Å². The molecule has 0 aliphatic heterocycles. The number of benzene rings is 1. The molecule has 19 heavy (non-hydrogen) atoms. The van der Waals surface area contributed by atoms with Gasteiger partial charge in [-0.2, -0.15) is 10.4 Å². The minimum Gasteiger partial charge on any atom is -0.310 e. The molecule has 1 aromatic carbocycles. The molecule has 2 aromatic rings. The molecular formula is C13H15N5S. The van der Waals surface area contributed by atoms with Crippen LogP contribution in [0.3, 0.4) is 0 Å². The summed E-state index contributed by atoms with van der Waals surface area (Å²) in [6.45, 7) is 4.96. The molecule has 0 radical (unpaired) electrons. The maximum atomic E-state index is 9.22. The maximum Gasteiger partial charge on any atom is 0.188 e. The highest BCUT2D eigenvalue weighted by Crippen LogP contribution is 2.27. The molecule has 6 heteroatoms. The quantitative estimate of drug-likeness (QED) is 0.874. The van der Waals surface area contributed by atoms with E-state index < -0.39 is 0 Å². The van der Waals surface area contributed by atoms with Crippen molar-refractivity contribution in [3.05, 3.63) is 35.7 Å². The smallest absolute Gasteiger partial charge is 0.188 e. The third-order valence-electron chi connectivity index (χ3n) is 2.48. The third kappa shape index (κ3) is 3.81. The van der Waals surface area contributed by atoms with Crippen LogP contribution in [0.1, 0.15) is 25.0 Å². The van der Waals surface area contributed by atoms with Crippen LogP contribution in [0.25, 0.3) is 0 Å². The van der Waals surface area contributed by atoms with E-state index in [9.17, 15) is 5.26 Å². The molecule has 0 aliphatic carbocycles. The lowest BCUT2D eigenvalue weighted by molar-refractivity contribution is 0.588. The molecule has 2 rings (SSSR count). The minimum atomic E-state index is 0.425. The summed E-state index contributed by atoms with van der Waals surface area (Å²) in [6, 6.07) is 8.53. The van der Waals surface area contributed by atoms with Gasteiger partial charge in [0, 0.05) is 17.5 Å². The zero-order valence-electron chi connectivity index (χ0n) is 10.8. The number of aromatic nitrogens is 3. The summed E-state index contributed by atoms with van der Waals surface area (Å²) in [5, 5.41) is 19.8. The molecule has 1 aromatic heterocycles. The number of nitrogens with one attached hydrogen (secondary N) is 2. The molecule has 5 nitrogen and oxygen atoms in total. The van der Waals surface area contributed by atoms with Crippen LogP contribution >= 0.6 is 11.8 Å². The van der Waals surface area contributed by atoms with Crippen molar-refractivity contribution in [3.8, 4) is 6.07 Å². The van der Waals surface area contributed by atoms with E-state index in [1.165, 1.54) is 18.1 Å². The maximum absolute atomic E-state index is 9.22. The van der Waals surface area contributed by atoms with Gasteiger partial charge in [0.05, 0.1) is 5.56 Å². The van der Waals surface area contributed by atoms with Crippen molar-refractivity contribution >= 4 is 11.8 Å². The Balaban J connectivity index is 2.15. The van der Waals surface area contributed by atoms with Gasteiger partial charge < -0.3 is 5.32 Å². The SMILES string of the molecule is CC(C)NCc1ccc(Sc2ncn[nH]2)c(C#N)c1. The molecule has 0 unspecified atom stereocenters. The summed E-state index contributed by atoms with van der Waals surface area (Å²) in [4.78, 5) is 4.93. The fraction of sp³-hybridized carbons (Fsp3) is 0.308. The van der Waals surface area contributed by atoms with Gasteiger partial charge in [0.1, 0.15) is 12.4 Å². The first-order chi connectivity index (χ1) is 9.19. The Hall–Kier alpha value is -1.84. The van der Waals surface area contributed by atoms with Gasteiger partial charge in [0.25, 0.3) is 0 Å². The molecule has 0 atom stereocenters. The zero-order valence-corrected chi connectivity index (χ0v) is 11.7. The summed E-state index contributed by atoms with van der Waals surface area (Å²) in [7, 11) is 0. The largest absolute Gasteiger partial charge is 0.310 e. The second-order valence-corrected chi connectivity index (χ2v) is 5.40. The molecule has 2 N–H and O–H groups in total. The Kier molecular flexibility index (Phi) is 4.55. The van der Waals surface area contributed by atoms with Crippen molar-refractivity contribution < 1.29 is 0 Å². The fourth-order valence-corrected chi connectivity index (χ4v) is 2.29. The lowest BCUT2D eigenvalue weighted by Crippen LogP contribution is -2.21. The highest BCUT2D eigenvalue weighted by atomic mass is 32.2. The van der Waals surface area contributed by atoms with E-state index in [0.29, 0.717) is 16.8 Å². The monoisotopic (exact) mass is 273 g/mol. The molecular weight excluding hydrogens is 258 g/mol. The first-order valence-electron chi connectivity index (χ1n) is 5.98.